The Kier molecular flexibility index (Phi) is 2.57. The number of benzene rings is 2. The summed E-state index contributed by atoms with van der Waals surface area (Å²) in [6.45, 7) is 0. The Labute approximate surface area is 105 Å². The van der Waals surface area contributed by atoms with Gasteiger partial charge < -0.3 is 10.4 Å². The molecule has 0 saturated heterocycles. The van der Waals surface area contributed by atoms with Crippen LogP contribution in [0, 0.1) is 0 Å². The summed E-state index contributed by atoms with van der Waals surface area (Å²) in [7, 11) is 0. The van der Waals surface area contributed by atoms with Crippen LogP contribution in [0.2, 0.25) is 0 Å². The fourth-order valence-electron chi connectivity index (χ4n) is 1.91. The van der Waals surface area contributed by atoms with Gasteiger partial charge in [-0.2, -0.15) is 0 Å². The fourth-order valence-corrected chi connectivity index (χ4v) is 1.91. The number of rotatable bonds is 2. The molecule has 1 aromatic heterocycles. The molecule has 0 aliphatic carbocycles. The van der Waals surface area contributed by atoms with Crippen molar-refractivity contribution in [1.29, 1.82) is 0 Å². The number of aromatic hydroxyl groups is 1. The van der Waals surface area contributed by atoms with Crippen molar-refractivity contribution in [2.45, 2.75) is 0 Å². The highest BCUT2D eigenvalue weighted by molar-refractivity contribution is 5.92. The molecular formula is C15H12N2O. The summed E-state index contributed by atoms with van der Waals surface area (Å²) in [5, 5.41) is 13.7. The summed E-state index contributed by atoms with van der Waals surface area (Å²) in [6, 6.07) is 16.9. The number of pyridine rings is 1. The van der Waals surface area contributed by atoms with Crippen LogP contribution in [-0.2, 0) is 0 Å². The first kappa shape index (κ1) is 10.6. The normalized spacial score (nSPS) is 10.4. The lowest BCUT2D eigenvalue weighted by Gasteiger charge is -2.09. The molecular weight excluding hydrogens is 224 g/mol. The number of nitrogens with one attached hydrogen (secondary N) is 1. The average molecular weight is 236 g/mol. The zero-order valence-corrected chi connectivity index (χ0v) is 9.67. The van der Waals surface area contributed by atoms with Crippen molar-refractivity contribution in [1.82, 2.24) is 4.98 Å². The highest BCUT2D eigenvalue weighted by Gasteiger charge is 2.01. The van der Waals surface area contributed by atoms with Crippen molar-refractivity contribution in [3.05, 3.63) is 60.8 Å². The number of hydrogen-bond acceptors (Lipinski definition) is 3. The number of anilines is 2. The molecule has 1 heterocycles. The van der Waals surface area contributed by atoms with E-state index in [4.69, 9.17) is 0 Å². The number of aromatic nitrogens is 1. The highest BCUT2D eigenvalue weighted by atomic mass is 16.3. The molecule has 0 radical (unpaired) electrons. The SMILES string of the molecule is Oc1ccc(Nc2ccnc3ccccc23)cc1. The van der Waals surface area contributed by atoms with Gasteiger partial charge in [0.2, 0.25) is 0 Å². The lowest BCUT2D eigenvalue weighted by molar-refractivity contribution is 0.475. The molecule has 0 aliphatic rings. The number of nitrogens with zero attached hydrogens (tertiary/aromatic N) is 1. The van der Waals surface area contributed by atoms with Gasteiger partial charge in [-0.05, 0) is 36.4 Å². The summed E-state index contributed by atoms with van der Waals surface area (Å²) < 4.78 is 0. The quantitative estimate of drug-likeness (QED) is 0.667. The standard InChI is InChI=1S/C15H12N2O/c18-12-7-5-11(6-8-12)17-15-9-10-16-14-4-2-1-3-13(14)15/h1-10,18H,(H,16,17). The summed E-state index contributed by atoms with van der Waals surface area (Å²) in [5.74, 6) is 0.264. The third kappa shape index (κ3) is 1.98. The topological polar surface area (TPSA) is 45.1 Å². The third-order valence-corrected chi connectivity index (χ3v) is 2.80. The smallest absolute Gasteiger partial charge is 0.115 e. The van der Waals surface area contributed by atoms with Crippen LogP contribution in [0.1, 0.15) is 0 Å². The molecule has 0 atom stereocenters. The minimum atomic E-state index is 0.264. The molecule has 0 bridgehead atoms. The van der Waals surface area contributed by atoms with Gasteiger partial charge in [-0.1, -0.05) is 18.2 Å². The van der Waals surface area contributed by atoms with E-state index < -0.39 is 0 Å². The molecule has 2 aromatic carbocycles. The van der Waals surface area contributed by atoms with E-state index in [1.807, 2.05) is 42.5 Å². The van der Waals surface area contributed by atoms with E-state index in [2.05, 4.69) is 10.3 Å². The van der Waals surface area contributed by atoms with Crippen molar-refractivity contribution in [2.75, 3.05) is 5.32 Å². The van der Waals surface area contributed by atoms with E-state index in [-0.39, 0.29) is 5.75 Å². The molecule has 3 aromatic rings. The second-order valence-electron chi connectivity index (χ2n) is 4.05. The van der Waals surface area contributed by atoms with Gasteiger partial charge in [0.05, 0.1) is 5.52 Å². The van der Waals surface area contributed by atoms with E-state index in [9.17, 15) is 5.11 Å². The van der Waals surface area contributed by atoms with Crippen molar-refractivity contribution in [3.63, 3.8) is 0 Å². The Hall–Kier alpha value is -2.55. The first-order chi connectivity index (χ1) is 8.83. The average Bonchev–Trinajstić information content (AvgIpc) is 2.42. The van der Waals surface area contributed by atoms with Crippen molar-refractivity contribution in [3.8, 4) is 5.75 Å². The molecule has 0 amide bonds. The first-order valence-electron chi connectivity index (χ1n) is 5.73. The molecule has 0 unspecified atom stereocenters. The van der Waals surface area contributed by atoms with Crippen molar-refractivity contribution in [2.24, 2.45) is 0 Å². The van der Waals surface area contributed by atoms with Crippen LogP contribution in [0.4, 0.5) is 11.4 Å². The largest absolute Gasteiger partial charge is 0.508 e. The zero-order chi connectivity index (χ0) is 12.4. The third-order valence-electron chi connectivity index (χ3n) is 2.80. The summed E-state index contributed by atoms with van der Waals surface area (Å²) >= 11 is 0. The number of fused-ring (bicyclic) bond motifs is 1. The summed E-state index contributed by atoms with van der Waals surface area (Å²) in [4.78, 5) is 4.32. The Morgan fingerprint density at radius 3 is 2.50 bits per heavy atom. The van der Waals surface area contributed by atoms with Gasteiger partial charge in [-0.15, -0.1) is 0 Å². The Morgan fingerprint density at radius 2 is 1.67 bits per heavy atom. The molecule has 0 saturated carbocycles. The van der Waals surface area contributed by atoms with E-state index in [1.54, 1.807) is 18.3 Å². The molecule has 3 heteroatoms. The van der Waals surface area contributed by atoms with Crippen LogP contribution >= 0.6 is 0 Å². The summed E-state index contributed by atoms with van der Waals surface area (Å²) in [5.41, 5.74) is 2.90. The zero-order valence-electron chi connectivity index (χ0n) is 9.67. The van der Waals surface area contributed by atoms with E-state index in [1.165, 1.54) is 0 Å². The molecule has 88 valence electrons. The molecule has 3 nitrogen and oxygen atoms in total. The highest BCUT2D eigenvalue weighted by Crippen LogP contribution is 2.25. The van der Waals surface area contributed by atoms with Gasteiger partial charge in [0.15, 0.2) is 0 Å². The molecule has 0 fully saturated rings. The Morgan fingerprint density at radius 1 is 0.889 bits per heavy atom. The summed E-state index contributed by atoms with van der Waals surface area (Å²) in [6.07, 6.45) is 1.78. The van der Waals surface area contributed by atoms with E-state index >= 15 is 0 Å². The van der Waals surface area contributed by atoms with Gasteiger partial charge in [-0.3, -0.25) is 4.98 Å². The number of para-hydroxylation sites is 1. The lowest BCUT2D eigenvalue weighted by atomic mass is 10.2. The molecule has 2 N–H and O–H groups in total. The van der Waals surface area contributed by atoms with Gasteiger partial charge in [0, 0.05) is 23.0 Å². The van der Waals surface area contributed by atoms with Gasteiger partial charge in [0.1, 0.15) is 5.75 Å². The molecule has 0 spiro atoms. The van der Waals surface area contributed by atoms with Gasteiger partial charge in [-0.25, -0.2) is 0 Å². The number of phenolic OH excluding ortho intramolecular Hbond substituents is 1. The van der Waals surface area contributed by atoms with Crippen molar-refractivity contribution >= 4 is 22.3 Å². The predicted octanol–water partition coefficient (Wildman–Crippen LogP) is 3.68. The second kappa shape index (κ2) is 4.37. The second-order valence-corrected chi connectivity index (χ2v) is 4.05. The first-order valence-corrected chi connectivity index (χ1v) is 5.73. The maximum absolute atomic E-state index is 9.26. The van der Waals surface area contributed by atoms with E-state index in [0.29, 0.717) is 0 Å². The van der Waals surface area contributed by atoms with Crippen LogP contribution in [-0.4, -0.2) is 10.1 Å². The molecule has 3 rings (SSSR count). The minimum absolute atomic E-state index is 0.264. The number of hydrogen-bond donors (Lipinski definition) is 2. The Bertz CT molecular complexity index is 672. The lowest BCUT2D eigenvalue weighted by Crippen LogP contribution is -1.91. The van der Waals surface area contributed by atoms with Crippen LogP contribution in [0.5, 0.6) is 5.75 Å². The van der Waals surface area contributed by atoms with Crippen LogP contribution in [0.3, 0.4) is 0 Å². The van der Waals surface area contributed by atoms with Gasteiger partial charge in [0.25, 0.3) is 0 Å². The molecule has 18 heavy (non-hydrogen) atoms. The number of phenols is 1. The van der Waals surface area contributed by atoms with Gasteiger partial charge >= 0.3 is 0 Å². The van der Waals surface area contributed by atoms with Crippen molar-refractivity contribution < 1.29 is 5.11 Å². The minimum Gasteiger partial charge on any atom is -0.508 e. The molecule has 0 aliphatic heterocycles. The Balaban J connectivity index is 2.02. The van der Waals surface area contributed by atoms with E-state index in [0.717, 1.165) is 22.3 Å². The fraction of sp³-hybridized carbons (Fsp3) is 0. The maximum Gasteiger partial charge on any atom is 0.115 e. The monoisotopic (exact) mass is 236 g/mol. The van der Waals surface area contributed by atoms with Crippen LogP contribution in [0.25, 0.3) is 10.9 Å². The maximum atomic E-state index is 9.26. The van der Waals surface area contributed by atoms with Crippen LogP contribution in [0.15, 0.2) is 60.8 Å². The van der Waals surface area contributed by atoms with Crippen LogP contribution < -0.4 is 5.32 Å². The predicted molar refractivity (Wildman–Crippen MR) is 73.1 cm³/mol.